The average molecular weight is 388 g/mol. The number of aryl methyl sites for hydroxylation is 1. The molecule has 1 saturated heterocycles. The second-order valence-corrected chi connectivity index (χ2v) is 7.10. The van der Waals surface area contributed by atoms with Crippen molar-refractivity contribution >= 4 is 5.96 Å². The third-order valence-corrected chi connectivity index (χ3v) is 4.87. The van der Waals surface area contributed by atoms with Crippen LogP contribution in [0.15, 0.2) is 35.6 Å². The number of hydrogen-bond donors (Lipinski definition) is 1. The fourth-order valence-corrected chi connectivity index (χ4v) is 3.22. The smallest absolute Gasteiger partial charge is 0.194 e. The third kappa shape index (κ3) is 5.76. The molecule has 0 spiro atoms. The van der Waals surface area contributed by atoms with Crippen LogP contribution in [0.2, 0.25) is 0 Å². The number of hydrogen-bond acceptors (Lipinski definition) is 4. The minimum atomic E-state index is -0.222. The average Bonchev–Trinajstić information content (AvgIpc) is 3.37. The topological polar surface area (TPSA) is 67.6 Å². The van der Waals surface area contributed by atoms with Gasteiger partial charge in [-0.05, 0) is 24.1 Å². The maximum absolute atomic E-state index is 13.2. The molecule has 1 unspecified atom stereocenters. The van der Waals surface area contributed by atoms with Crippen LogP contribution in [-0.4, -0.2) is 59.0 Å². The summed E-state index contributed by atoms with van der Waals surface area (Å²) in [5.41, 5.74) is 1.04. The number of halogens is 1. The molecule has 0 bridgehead atoms. The van der Waals surface area contributed by atoms with E-state index in [1.165, 1.54) is 12.1 Å². The van der Waals surface area contributed by atoms with Crippen molar-refractivity contribution in [3.63, 3.8) is 0 Å². The van der Waals surface area contributed by atoms with E-state index < -0.39 is 0 Å². The highest BCUT2D eigenvalue weighted by atomic mass is 19.1. The number of nitrogens with zero attached hydrogens (tertiary/aromatic N) is 5. The molecule has 2 heterocycles. The number of ether oxygens (including phenoxy) is 1. The molecule has 0 amide bonds. The quantitative estimate of drug-likeness (QED) is 0.554. The predicted molar refractivity (Wildman–Crippen MR) is 106 cm³/mol. The molecule has 1 aromatic heterocycles. The van der Waals surface area contributed by atoms with Gasteiger partial charge in [0.15, 0.2) is 5.96 Å². The molecule has 1 aliphatic heterocycles. The normalized spacial score (nSPS) is 17.1. The Bertz CT molecular complexity index is 754. The maximum Gasteiger partial charge on any atom is 0.194 e. The van der Waals surface area contributed by atoms with Gasteiger partial charge in [-0.25, -0.2) is 4.39 Å². The van der Waals surface area contributed by atoms with Gasteiger partial charge in [-0.2, -0.15) is 0 Å². The molecule has 28 heavy (non-hydrogen) atoms. The molecule has 2 aromatic rings. The van der Waals surface area contributed by atoms with E-state index in [-0.39, 0.29) is 5.82 Å². The van der Waals surface area contributed by atoms with Gasteiger partial charge in [0.1, 0.15) is 18.0 Å². The zero-order chi connectivity index (χ0) is 19.8. The number of nitrogens with one attached hydrogen (secondary N) is 1. The van der Waals surface area contributed by atoms with Crippen molar-refractivity contribution < 1.29 is 9.13 Å². The Morgan fingerprint density at radius 2 is 2.21 bits per heavy atom. The van der Waals surface area contributed by atoms with Crippen LogP contribution >= 0.6 is 0 Å². The lowest BCUT2D eigenvalue weighted by Crippen LogP contribution is -2.40. The van der Waals surface area contributed by atoms with Gasteiger partial charge in [-0.3, -0.25) is 4.99 Å². The molecule has 0 aliphatic carbocycles. The first-order valence-corrected chi connectivity index (χ1v) is 9.84. The van der Waals surface area contributed by atoms with Gasteiger partial charge in [-0.15, -0.1) is 10.2 Å². The monoisotopic (exact) mass is 388 g/mol. The molecule has 7 nitrogen and oxygen atoms in total. The van der Waals surface area contributed by atoms with Crippen LogP contribution in [0.5, 0.6) is 0 Å². The molecule has 1 atom stereocenters. The Labute approximate surface area is 165 Å². The maximum atomic E-state index is 13.2. The first kappa shape index (κ1) is 20.3. The van der Waals surface area contributed by atoms with Crippen molar-refractivity contribution in [1.82, 2.24) is 25.0 Å². The highest BCUT2D eigenvalue weighted by Gasteiger charge is 2.16. The van der Waals surface area contributed by atoms with Crippen LogP contribution < -0.4 is 5.32 Å². The van der Waals surface area contributed by atoms with E-state index in [2.05, 4.69) is 31.9 Å². The predicted octanol–water partition coefficient (Wildman–Crippen LogP) is 2.09. The molecule has 1 aromatic carbocycles. The molecule has 8 heteroatoms. The second kappa shape index (κ2) is 10.2. The van der Waals surface area contributed by atoms with Crippen LogP contribution in [0.4, 0.5) is 4.39 Å². The Balaban J connectivity index is 1.61. The lowest BCUT2D eigenvalue weighted by Gasteiger charge is -2.23. The van der Waals surface area contributed by atoms with Gasteiger partial charge in [-0.1, -0.05) is 19.1 Å². The Hall–Kier alpha value is -2.48. The summed E-state index contributed by atoms with van der Waals surface area (Å²) in [5, 5.41) is 11.5. The van der Waals surface area contributed by atoms with Crippen molar-refractivity contribution in [3.05, 3.63) is 47.8 Å². The molecule has 1 aliphatic rings. The van der Waals surface area contributed by atoms with E-state index in [9.17, 15) is 4.39 Å². The van der Waals surface area contributed by atoms with Crippen molar-refractivity contribution in [2.24, 2.45) is 10.9 Å². The van der Waals surface area contributed by atoms with Crippen LogP contribution in [0.3, 0.4) is 0 Å². The van der Waals surface area contributed by atoms with Gasteiger partial charge in [0, 0.05) is 52.2 Å². The Kier molecular flexibility index (Phi) is 7.36. The number of guanidine groups is 1. The van der Waals surface area contributed by atoms with E-state index in [0.717, 1.165) is 63.0 Å². The summed E-state index contributed by atoms with van der Waals surface area (Å²) in [4.78, 5) is 6.88. The standard InChI is InChI=1S/C20H29FN6O/c1-3-19-25-24-15-27(19)10-9-22-20(23-12-17-8-11-28-14-17)26(2)13-16-4-6-18(21)7-5-16/h4-7,15,17H,3,8-14H2,1-2H3,(H,22,23). The van der Waals surface area contributed by atoms with Crippen LogP contribution in [-0.2, 0) is 24.2 Å². The van der Waals surface area contributed by atoms with Crippen molar-refractivity contribution in [3.8, 4) is 0 Å². The van der Waals surface area contributed by atoms with E-state index in [4.69, 9.17) is 9.73 Å². The zero-order valence-corrected chi connectivity index (χ0v) is 16.6. The summed E-state index contributed by atoms with van der Waals surface area (Å²) in [6.07, 6.45) is 3.67. The molecular formula is C20H29FN6O. The summed E-state index contributed by atoms with van der Waals surface area (Å²) in [6.45, 7) is 6.55. The first-order chi connectivity index (χ1) is 13.7. The highest BCUT2D eigenvalue weighted by Crippen LogP contribution is 2.13. The van der Waals surface area contributed by atoms with Crippen LogP contribution in [0, 0.1) is 11.7 Å². The molecule has 3 rings (SSSR count). The highest BCUT2D eigenvalue weighted by molar-refractivity contribution is 5.79. The van der Waals surface area contributed by atoms with Gasteiger partial charge >= 0.3 is 0 Å². The summed E-state index contributed by atoms with van der Waals surface area (Å²) in [5.74, 6) is 2.06. The minimum Gasteiger partial charge on any atom is -0.381 e. The first-order valence-electron chi connectivity index (χ1n) is 9.84. The third-order valence-electron chi connectivity index (χ3n) is 4.87. The Morgan fingerprint density at radius 1 is 1.39 bits per heavy atom. The van der Waals surface area contributed by atoms with Gasteiger partial charge in [0.25, 0.3) is 0 Å². The van der Waals surface area contributed by atoms with Crippen molar-refractivity contribution in [1.29, 1.82) is 0 Å². The fraction of sp³-hybridized carbons (Fsp3) is 0.550. The molecule has 1 N–H and O–H groups in total. The summed E-state index contributed by atoms with van der Waals surface area (Å²) >= 11 is 0. The lowest BCUT2D eigenvalue weighted by atomic mass is 10.1. The molecular weight excluding hydrogens is 359 g/mol. The van der Waals surface area contributed by atoms with E-state index in [1.54, 1.807) is 18.5 Å². The lowest BCUT2D eigenvalue weighted by molar-refractivity contribution is 0.187. The number of aromatic nitrogens is 3. The minimum absolute atomic E-state index is 0.222. The van der Waals surface area contributed by atoms with Gasteiger partial charge < -0.3 is 19.5 Å². The van der Waals surface area contributed by atoms with Gasteiger partial charge in [0.05, 0.1) is 6.61 Å². The largest absolute Gasteiger partial charge is 0.381 e. The number of rotatable bonds is 8. The molecule has 0 radical (unpaired) electrons. The fourth-order valence-electron chi connectivity index (χ4n) is 3.22. The van der Waals surface area contributed by atoms with Crippen LogP contribution in [0.25, 0.3) is 0 Å². The summed E-state index contributed by atoms with van der Waals surface area (Å²) < 4.78 is 20.7. The number of benzene rings is 1. The van der Waals surface area contributed by atoms with E-state index in [1.807, 2.05) is 7.05 Å². The summed E-state index contributed by atoms with van der Waals surface area (Å²) in [7, 11) is 2.00. The molecule has 0 saturated carbocycles. The van der Waals surface area contributed by atoms with Gasteiger partial charge in [0.2, 0.25) is 0 Å². The second-order valence-electron chi connectivity index (χ2n) is 7.10. The van der Waals surface area contributed by atoms with Crippen molar-refractivity contribution in [2.75, 3.05) is 33.4 Å². The van der Waals surface area contributed by atoms with E-state index >= 15 is 0 Å². The SMILES string of the molecule is CCc1nncn1CCNC(=NCC1CCOC1)N(C)Cc1ccc(F)cc1. The molecule has 152 valence electrons. The van der Waals surface area contributed by atoms with E-state index in [0.29, 0.717) is 12.5 Å². The Morgan fingerprint density at radius 3 is 2.93 bits per heavy atom. The zero-order valence-electron chi connectivity index (χ0n) is 16.6. The summed E-state index contributed by atoms with van der Waals surface area (Å²) in [6, 6.07) is 6.58. The van der Waals surface area contributed by atoms with Crippen LogP contribution in [0.1, 0.15) is 24.7 Å². The number of aliphatic imine (C=N–C) groups is 1. The van der Waals surface area contributed by atoms with Crippen molar-refractivity contribution in [2.45, 2.75) is 32.9 Å². The molecule has 1 fully saturated rings.